The lowest BCUT2D eigenvalue weighted by Crippen LogP contribution is -2.51. The van der Waals surface area contributed by atoms with Crippen LogP contribution in [0.2, 0.25) is 0 Å². The number of carboxylic acid groups (broad SMARTS) is 1. The highest BCUT2D eigenvalue weighted by Gasteiger charge is 2.51. The van der Waals surface area contributed by atoms with Gasteiger partial charge in [0.15, 0.2) is 11.3 Å². The van der Waals surface area contributed by atoms with Crippen LogP contribution in [0.25, 0.3) is 0 Å². The molecular weight excluding hydrogens is 398 g/mol. The van der Waals surface area contributed by atoms with Crippen molar-refractivity contribution in [2.45, 2.75) is 19.4 Å². The van der Waals surface area contributed by atoms with Gasteiger partial charge in [-0.15, -0.1) is 0 Å². The Morgan fingerprint density at radius 3 is 2.36 bits per heavy atom. The zero-order valence-corrected chi connectivity index (χ0v) is 14.9. The monoisotopic (exact) mass is 411 g/mol. The minimum absolute atomic E-state index is 0.0783. The number of hydrogen-bond donors (Lipinski definition) is 1. The van der Waals surface area contributed by atoms with Crippen LogP contribution in [0.4, 0.5) is 5.69 Å². The number of benzene rings is 1. The Morgan fingerprint density at radius 2 is 1.84 bits per heavy atom. The fourth-order valence-corrected chi connectivity index (χ4v) is 2.59. The summed E-state index contributed by atoms with van der Waals surface area (Å²) in [5.41, 5.74) is -1.24. The smallest absolute Gasteiger partial charge is 0.422 e. The molecular formula is C16H14BrNO7. The fourth-order valence-electron chi connectivity index (χ4n) is 2.32. The van der Waals surface area contributed by atoms with E-state index < -0.39 is 35.1 Å². The normalized spacial score (nSPS) is 19.4. The van der Waals surface area contributed by atoms with Gasteiger partial charge in [0.2, 0.25) is 0 Å². The molecule has 132 valence electrons. The molecule has 1 aromatic carbocycles. The average molecular weight is 412 g/mol. The van der Waals surface area contributed by atoms with Crippen LogP contribution in [0.1, 0.15) is 13.8 Å². The van der Waals surface area contributed by atoms with Gasteiger partial charge in [0.1, 0.15) is 0 Å². The second kappa shape index (κ2) is 7.06. The van der Waals surface area contributed by atoms with E-state index in [0.29, 0.717) is 5.69 Å². The number of anilines is 1. The van der Waals surface area contributed by atoms with Gasteiger partial charge in [0.25, 0.3) is 5.91 Å². The van der Waals surface area contributed by atoms with Crippen molar-refractivity contribution in [2.24, 2.45) is 0 Å². The molecule has 0 spiro atoms. The molecule has 0 aromatic heterocycles. The molecule has 1 amide bonds. The van der Waals surface area contributed by atoms with Crippen LogP contribution in [-0.4, -0.2) is 41.1 Å². The summed E-state index contributed by atoms with van der Waals surface area (Å²) in [5.74, 6) is -5.59. The summed E-state index contributed by atoms with van der Waals surface area (Å²) in [7, 11) is 0. The zero-order valence-electron chi connectivity index (χ0n) is 13.3. The second-order valence-electron chi connectivity index (χ2n) is 5.19. The Labute approximate surface area is 151 Å². The van der Waals surface area contributed by atoms with Gasteiger partial charge in [0, 0.05) is 16.2 Å². The SMILES string of the molecule is CCOC(=O)C1(C)C=C(OC(=O)C(=O)O)C(=O)N1c1ccc(Br)cc1. The van der Waals surface area contributed by atoms with Gasteiger partial charge in [-0.3, -0.25) is 9.69 Å². The zero-order chi connectivity index (χ0) is 18.8. The van der Waals surface area contributed by atoms with Crippen molar-refractivity contribution in [1.82, 2.24) is 0 Å². The predicted molar refractivity (Wildman–Crippen MR) is 88.5 cm³/mol. The maximum atomic E-state index is 12.6. The second-order valence-corrected chi connectivity index (χ2v) is 6.10. The Hall–Kier alpha value is -2.68. The highest BCUT2D eigenvalue weighted by molar-refractivity contribution is 9.10. The van der Waals surface area contributed by atoms with E-state index in [1.54, 1.807) is 31.2 Å². The Bertz CT molecular complexity index is 771. The standard InChI is InChI=1S/C16H14BrNO7/c1-3-24-15(23)16(2)8-11(25-14(22)13(20)21)12(19)18(16)10-6-4-9(17)5-7-10/h4-8H,3H2,1-2H3,(H,20,21). The van der Waals surface area contributed by atoms with Crippen molar-refractivity contribution in [2.75, 3.05) is 11.5 Å². The first-order valence-electron chi connectivity index (χ1n) is 7.16. The molecule has 0 aliphatic carbocycles. The highest BCUT2D eigenvalue weighted by atomic mass is 79.9. The summed E-state index contributed by atoms with van der Waals surface area (Å²) in [5, 5.41) is 8.64. The number of ether oxygens (including phenoxy) is 2. The quantitative estimate of drug-likeness (QED) is 0.591. The number of amides is 1. The lowest BCUT2D eigenvalue weighted by atomic mass is 10.0. The first-order valence-corrected chi connectivity index (χ1v) is 7.95. The van der Waals surface area contributed by atoms with Crippen molar-refractivity contribution in [3.8, 4) is 0 Å². The molecule has 1 unspecified atom stereocenters. The lowest BCUT2D eigenvalue weighted by molar-refractivity contribution is -0.161. The van der Waals surface area contributed by atoms with Gasteiger partial charge in [-0.1, -0.05) is 15.9 Å². The third-order valence-electron chi connectivity index (χ3n) is 3.44. The van der Waals surface area contributed by atoms with Crippen molar-refractivity contribution in [1.29, 1.82) is 0 Å². The van der Waals surface area contributed by atoms with E-state index in [1.165, 1.54) is 6.92 Å². The number of carbonyl (C=O) groups excluding carboxylic acids is 3. The minimum atomic E-state index is -1.85. The van der Waals surface area contributed by atoms with Crippen LogP contribution in [0, 0.1) is 0 Å². The number of nitrogens with zero attached hydrogens (tertiary/aromatic N) is 1. The third-order valence-corrected chi connectivity index (χ3v) is 3.97. The van der Waals surface area contributed by atoms with E-state index in [2.05, 4.69) is 20.7 Å². The third kappa shape index (κ3) is 3.55. The van der Waals surface area contributed by atoms with E-state index in [0.717, 1.165) is 15.4 Å². The summed E-state index contributed by atoms with van der Waals surface area (Å²) >= 11 is 3.27. The van der Waals surface area contributed by atoms with Gasteiger partial charge in [-0.2, -0.15) is 0 Å². The van der Waals surface area contributed by atoms with Crippen LogP contribution in [-0.2, 0) is 28.7 Å². The molecule has 1 heterocycles. The van der Waals surface area contributed by atoms with Crippen molar-refractivity contribution in [3.05, 3.63) is 40.6 Å². The Kier molecular flexibility index (Phi) is 5.27. The van der Waals surface area contributed by atoms with Crippen LogP contribution in [0.15, 0.2) is 40.6 Å². The number of aliphatic carboxylic acids is 1. The van der Waals surface area contributed by atoms with E-state index in [9.17, 15) is 19.2 Å². The van der Waals surface area contributed by atoms with E-state index in [1.807, 2.05) is 0 Å². The fraction of sp³-hybridized carbons (Fsp3) is 0.250. The largest absolute Gasteiger partial charge is 0.473 e. The van der Waals surface area contributed by atoms with Gasteiger partial charge in [-0.05, 0) is 38.1 Å². The maximum Gasteiger partial charge on any atom is 0.422 e. The van der Waals surface area contributed by atoms with Gasteiger partial charge in [-0.25, -0.2) is 14.4 Å². The van der Waals surface area contributed by atoms with E-state index >= 15 is 0 Å². The molecule has 0 bridgehead atoms. The maximum absolute atomic E-state index is 12.6. The molecule has 1 aromatic rings. The van der Waals surface area contributed by atoms with Crippen LogP contribution >= 0.6 is 15.9 Å². The first-order chi connectivity index (χ1) is 11.7. The molecule has 1 aliphatic heterocycles. The molecule has 1 aliphatic rings. The Morgan fingerprint density at radius 1 is 1.24 bits per heavy atom. The number of halogens is 1. The van der Waals surface area contributed by atoms with Gasteiger partial charge < -0.3 is 14.6 Å². The summed E-state index contributed by atoms with van der Waals surface area (Å²) in [6.45, 7) is 3.10. The van der Waals surface area contributed by atoms with Gasteiger partial charge in [0.05, 0.1) is 6.61 Å². The Balaban J connectivity index is 2.47. The van der Waals surface area contributed by atoms with Gasteiger partial charge >= 0.3 is 17.9 Å². The molecule has 8 nitrogen and oxygen atoms in total. The molecule has 0 radical (unpaired) electrons. The van der Waals surface area contributed by atoms with Crippen molar-refractivity contribution in [3.63, 3.8) is 0 Å². The number of rotatable bonds is 4. The first kappa shape index (κ1) is 18.7. The number of carboxylic acids is 1. The molecule has 0 saturated carbocycles. The number of esters is 2. The number of hydrogen-bond acceptors (Lipinski definition) is 6. The molecule has 0 saturated heterocycles. The topological polar surface area (TPSA) is 110 Å². The van der Waals surface area contributed by atoms with Crippen molar-refractivity contribution >= 4 is 45.4 Å². The van der Waals surface area contributed by atoms with Crippen LogP contribution in [0.3, 0.4) is 0 Å². The van der Waals surface area contributed by atoms with E-state index in [-0.39, 0.29) is 6.61 Å². The van der Waals surface area contributed by atoms with Crippen LogP contribution < -0.4 is 4.90 Å². The summed E-state index contributed by atoms with van der Waals surface area (Å²) < 4.78 is 10.4. The molecule has 25 heavy (non-hydrogen) atoms. The molecule has 9 heteroatoms. The summed E-state index contributed by atoms with van der Waals surface area (Å²) in [6.07, 6.45) is 1.08. The van der Waals surface area contributed by atoms with E-state index in [4.69, 9.17) is 9.84 Å². The van der Waals surface area contributed by atoms with Crippen molar-refractivity contribution < 1.29 is 33.8 Å². The average Bonchev–Trinajstić information content (AvgIpc) is 2.80. The molecule has 1 N–H and O–H groups in total. The molecule has 1 atom stereocenters. The lowest BCUT2D eigenvalue weighted by Gasteiger charge is -2.32. The molecule has 2 rings (SSSR count). The molecule has 0 fully saturated rings. The summed E-state index contributed by atoms with van der Waals surface area (Å²) in [6, 6.07) is 6.48. The number of carbonyl (C=O) groups is 4. The highest BCUT2D eigenvalue weighted by Crippen LogP contribution is 2.35. The predicted octanol–water partition coefficient (Wildman–Crippen LogP) is 1.63. The van der Waals surface area contributed by atoms with Crippen LogP contribution in [0.5, 0.6) is 0 Å². The summed E-state index contributed by atoms with van der Waals surface area (Å²) in [4.78, 5) is 48.1. The minimum Gasteiger partial charge on any atom is -0.473 e.